The minimum atomic E-state index is -0.622. The normalized spacial score (nSPS) is 15.3. The van der Waals surface area contributed by atoms with E-state index >= 15 is 0 Å². The van der Waals surface area contributed by atoms with Crippen LogP contribution < -0.4 is 15.8 Å². The summed E-state index contributed by atoms with van der Waals surface area (Å²) in [6.45, 7) is 10.8. The fraction of sp³-hybridized carbons (Fsp3) is 0.556. The van der Waals surface area contributed by atoms with Gasteiger partial charge >= 0.3 is 0 Å². The van der Waals surface area contributed by atoms with Gasteiger partial charge in [-0.3, -0.25) is 9.59 Å². The summed E-state index contributed by atoms with van der Waals surface area (Å²) in [5.74, 6) is -0.224. The Morgan fingerprint density at radius 3 is 2.45 bits per heavy atom. The SMILES string of the molecule is CCC(O)c1cc(C(=O)NCc2c(C)cc(C)[nH]c2=O)c(C)c(N(CC)C2CCCCC2)c1. The average molecular weight is 454 g/mol. The van der Waals surface area contributed by atoms with Crippen molar-refractivity contribution >= 4 is 11.6 Å². The van der Waals surface area contributed by atoms with Crippen LogP contribution in [0.1, 0.15) is 96.8 Å². The van der Waals surface area contributed by atoms with Crippen molar-refractivity contribution in [2.24, 2.45) is 0 Å². The van der Waals surface area contributed by atoms with Crippen LogP contribution in [0.4, 0.5) is 5.69 Å². The number of aromatic nitrogens is 1. The zero-order valence-corrected chi connectivity index (χ0v) is 20.8. The van der Waals surface area contributed by atoms with E-state index in [0.717, 1.165) is 47.5 Å². The van der Waals surface area contributed by atoms with Crippen LogP contribution in [-0.4, -0.2) is 28.6 Å². The highest BCUT2D eigenvalue weighted by atomic mass is 16.3. The number of nitrogens with one attached hydrogen (secondary N) is 2. The van der Waals surface area contributed by atoms with E-state index in [9.17, 15) is 14.7 Å². The molecule has 0 spiro atoms. The van der Waals surface area contributed by atoms with Gasteiger partial charge in [-0.25, -0.2) is 0 Å². The molecule has 1 aromatic heterocycles. The third-order valence-electron chi connectivity index (χ3n) is 7.00. The third kappa shape index (κ3) is 5.67. The van der Waals surface area contributed by atoms with Gasteiger partial charge in [0.25, 0.3) is 11.5 Å². The molecular formula is C27H39N3O3. The molecule has 0 bridgehead atoms. The molecule has 1 amide bonds. The standard InChI is InChI=1S/C27H39N3O3/c1-6-25(31)20-14-22(26(32)28-16-23-17(3)13-18(4)29-27(23)33)19(5)24(15-20)30(7-2)21-11-9-8-10-12-21/h13-15,21,25,31H,6-12,16H2,1-5H3,(H,28,32)(H,29,33). The maximum Gasteiger partial charge on any atom is 0.253 e. The predicted octanol–water partition coefficient (Wildman–Crippen LogP) is 4.83. The van der Waals surface area contributed by atoms with Crippen LogP contribution in [0.2, 0.25) is 0 Å². The van der Waals surface area contributed by atoms with Gasteiger partial charge in [0.2, 0.25) is 0 Å². The molecule has 1 atom stereocenters. The zero-order chi connectivity index (χ0) is 24.1. The molecule has 0 saturated heterocycles. The molecule has 1 aromatic carbocycles. The Bertz CT molecular complexity index is 1040. The Morgan fingerprint density at radius 1 is 1.15 bits per heavy atom. The van der Waals surface area contributed by atoms with E-state index in [2.05, 4.69) is 28.2 Å². The number of aryl methyl sites for hydroxylation is 2. The number of carbonyl (C=O) groups excluding carboxylic acids is 1. The fourth-order valence-corrected chi connectivity index (χ4v) is 5.07. The van der Waals surface area contributed by atoms with Crippen molar-refractivity contribution in [2.45, 2.75) is 91.8 Å². The van der Waals surface area contributed by atoms with Crippen molar-refractivity contribution in [2.75, 3.05) is 11.4 Å². The average Bonchev–Trinajstić information content (AvgIpc) is 2.79. The molecule has 1 heterocycles. The zero-order valence-electron chi connectivity index (χ0n) is 20.8. The maximum atomic E-state index is 13.3. The highest BCUT2D eigenvalue weighted by Crippen LogP contribution is 2.34. The minimum Gasteiger partial charge on any atom is -0.388 e. The van der Waals surface area contributed by atoms with Crippen LogP contribution in [-0.2, 0) is 6.54 Å². The lowest BCUT2D eigenvalue weighted by Gasteiger charge is -2.37. The van der Waals surface area contributed by atoms with Crippen molar-refractivity contribution in [3.8, 4) is 0 Å². The van der Waals surface area contributed by atoms with Gasteiger partial charge in [-0.15, -0.1) is 0 Å². The van der Waals surface area contributed by atoms with Gasteiger partial charge < -0.3 is 20.3 Å². The van der Waals surface area contributed by atoms with E-state index in [0.29, 0.717) is 23.6 Å². The van der Waals surface area contributed by atoms with Gasteiger partial charge in [0.15, 0.2) is 0 Å². The number of benzene rings is 1. The van der Waals surface area contributed by atoms with Crippen molar-refractivity contribution in [1.29, 1.82) is 0 Å². The van der Waals surface area contributed by atoms with Gasteiger partial charge in [0.05, 0.1) is 6.10 Å². The van der Waals surface area contributed by atoms with Crippen LogP contribution in [0.3, 0.4) is 0 Å². The summed E-state index contributed by atoms with van der Waals surface area (Å²) in [4.78, 5) is 30.9. The number of rotatable bonds is 8. The number of pyridine rings is 1. The number of carbonyl (C=O) groups is 1. The number of anilines is 1. The number of hydrogen-bond acceptors (Lipinski definition) is 4. The summed E-state index contributed by atoms with van der Waals surface area (Å²) in [5, 5.41) is 13.6. The lowest BCUT2D eigenvalue weighted by atomic mass is 9.91. The molecule has 180 valence electrons. The molecule has 1 aliphatic carbocycles. The molecule has 6 heteroatoms. The van der Waals surface area contributed by atoms with Crippen LogP contribution >= 0.6 is 0 Å². The Kier molecular flexibility index (Phi) is 8.35. The van der Waals surface area contributed by atoms with E-state index in [1.807, 2.05) is 39.8 Å². The van der Waals surface area contributed by atoms with E-state index < -0.39 is 6.10 Å². The summed E-state index contributed by atoms with van der Waals surface area (Å²) >= 11 is 0. The molecule has 0 aliphatic heterocycles. The lowest BCUT2D eigenvalue weighted by molar-refractivity contribution is 0.0949. The first-order valence-corrected chi connectivity index (χ1v) is 12.3. The molecule has 3 N–H and O–H groups in total. The number of H-pyrrole nitrogens is 1. The summed E-state index contributed by atoms with van der Waals surface area (Å²) in [7, 11) is 0. The van der Waals surface area contributed by atoms with Gasteiger partial charge in [0, 0.05) is 41.6 Å². The molecular weight excluding hydrogens is 414 g/mol. The van der Waals surface area contributed by atoms with E-state index in [1.165, 1.54) is 19.3 Å². The third-order valence-corrected chi connectivity index (χ3v) is 7.00. The number of nitrogens with zero attached hydrogens (tertiary/aromatic N) is 1. The predicted molar refractivity (Wildman–Crippen MR) is 134 cm³/mol. The summed E-state index contributed by atoms with van der Waals surface area (Å²) < 4.78 is 0. The maximum absolute atomic E-state index is 13.3. The van der Waals surface area contributed by atoms with Gasteiger partial charge in [0.1, 0.15) is 0 Å². The Morgan fingerprint density at radius 2 is 1.85 bits per heavy atom. The van der Waals surface area contributed by atoms with Crippen molar-refractivity contribution in [1.82, 2.24) is 10.3 Å². The van der Waals surface area contributed by atoms with Gasteiger partial charge in [-0.1, -0.05) is 26.2 Å². The number of aromatic amines is 1. The second-order valence-electron chi connectivity index (χ2n) is 9.34. The molecule has 0 radical (unpaired) electrons. The number of hydrogen-bond donors (Lipinski definition) is 3. The monoisotopic (exact) mass is 453 g/mol. The highest BCUT2D eigenvalue weighted by Gasteiger charge is 2.25. The first-order chi connectivity index (χ1) is 15.8. The number of aliphatic hydroxyl groups excluding tert-OH is 1. The minimum absolute atomic E-state index is 0.162. The molecule has 1 fully saturated rings. The van der Waals surface area contributed by atoms with E-state index in [1.54, 1.807) is 0 Å². The van der Waals surface area contributed by atoms with Gasteiger partial charge in [-0.05, 0) is 81.8 Å². The van der Waals surface area contributed by atoms with Crippen LogP contribution in [0.5, 0.6) is 0 Å². The first kappa shape index (κ1) is 25.0. The molecule has 2 aromatic rings. The summed E-state index contributed by atoms with van der Waals surface area (Å²) in [6, 6.07) is 6.24. The lowest BCUT2D eigenvalue weighted by Crippen LogP contribution is -2.37. The van der Waals surface area contributed by atoms with Gasteiger partial charge in [-0.2, -0.15) is 0 Å². The topological polar surface area (TPSA) is 85.4 Å². The smallest absolute Gasteiger partial charge is 0.253 e. The highest BCUT2D eigenvalue weighted by molar-refractivity contribution is 5.97. The number of amides is 1. The summed E-state index contributed by atoms with van der Waals surface area (Å²) in [5.41, 5.74) is 5.33. The van der Waals surface area contributed by atoms with E-state index in [4.69, 9.17) is 0 Å². The largest absolute Gasteiger partial charge is 0.388 e. The van der Waals surface area contributed by atoms with Crippen molar-refractivity contribution < 1.29 is 9.90 Å². The quantitative estimate of drug-likeness (QED) is 0.534. The fourth-order valence-electron chi connectivity index (χ4n) is 5.07. The van der Waals surface area contributed by atoms with Crippen molar-refractivity contribution in [3.05, 3.63) is 62.1 Å². The Labute approximate surface area is 197 Å². The molecule has 33 heavy (non-hydrogen) atoms. The molecule has 6 nitrogen and oxygen atoms in total. The Balaban J connectivity index is 1.95. The van der Waals surface area contributed by atoms with Crippen LogP contribution in [0.15, 0.2) is 23.0 Å². The molecule has 1 saturated carbocycles. The number of aliphatic hydroxyl groups is 1. The van der Waals surface area contributed by atoms with Crippen LogP contribution in [0, 0.1) is 20.8 Å². The Hall–Kier alpha value is -2.60. The first-order valence-electron chi connectivity index (χ1n) is 12.3. The second kappa shape index (κ2) is 11.0. The second-order valence-corrected chi connectivity index (χ2v) is 9.34. The molecule has 1 unspecified atom stereocenters. The summed E-state index contributed by atoms with van der Waals surface area (Å²) in [6.07, 6.45) is 6.02. The molecule has 3 rings (SSSR count). The van der Waals surface area contributed by atoms with Crippen molar-refractivity contribution in [3.63, 3.8) is 0 Å². The van der Waals surface area contributed by atoms with Crippen LogP contribution in [0.25, 0.3) is 0 Å². The van der Waals surface area contributed by atoms with E-state index in [-0.39, 0.29) is 18.0 Å². The molecule has 1 aliphatic rings.